The van der Waals surface area contributed by atoms with Gasteiger partial charge in [-0.3, -0.25) is 4.79 Å². The highest BCUT2D eigenvalue weighted by molar-refractivity contribution is 5.95. The van der Waals surface area contributed by atoms with E-state index in [0.717, 1.165) is 48.0 Å². The van der Waals surface area contributed by atoms with Crippen molar-refractivity contribution >= 4 is 16.9 Å². The maximum Gasteiger partial charge on any atom is 0.345 e. The van der Waals surface area contributed by atoms with Crippen LogP contribution in [0.4, 0.5) is 0 Å². The highest BCUT2D eigenvalue weighted by Crippen LogP contribution is 2.43. The number of rotatable bonds is 4. The molecule has 0 saturated heterocycles. The molecule has 0 amide bonds. The van der Waals surface area contributed by atoms with Crippen LogP contribution in [0.15, 0.2) is 23.0 Å². The minimum absolute atomic E-state index is 0.0909. The van der Waals surface area contributed by atoms with Crippen LogP contribution in [0, 0.1) is 0 Å². The maximum atomic E-state index is 12.5. The predicted octanol–water partition coefficient (Wildman–Crippen LogP) is 3.44. The molecule has 2 aromatic heterocycles. The van der Waals surface area contributed by atoms with E-state index in [-0.39, 0.29) is 5.92 Å². The van der Waals surface area contributed by atoms with Crippen molar-refractivity contribution < 1.29 is 15.0 Å². The molecule has 1 atom stereocenters. The van der Waals surface area contributed by atoms with E-state index in [4.69, 9.17) is 0 Å². The molecule has 4 rings (SSSR count). The van der Waals surface area contributed by atoms with Gasteiger partial charge in [0.05, 0.1) is 5.69 Å². The fourth-order valence-corrected chi connectivity index (χ4v) is 4.57. The minimum Gasteiger partial charge on any atom is -0.506 e. The number of aryl methyl sites for hydroxylation is 2. The lowest BCUT2D eigenvalue weighted by Gasteiger charge is -2.16. The Morgan fingerprint density at radius 1 is 1.37 bits per heavy atom. The highest BCUT2D eigenvalue weighted by atomic mass is 16.4. The monoisotopic (exact) mass is 409 g/mol. The molecule has 7 nitrogen and oxygen atoms in total. The number of aromatic hydroxyl groups is 1. The van der Waals surface area contributed by atoms with E-state index in [9.17, 15) is 19.8 Å². The van der Waals surface area contributed by atoms with Gasteiger partial charge in [-0.15, -0.1) is 0 Å². The molecule has 0 bridgehead atoms. The minimum atomic E-state index is -1.42. The Kier molecular flexibility index (Phi) is 4.94. The molecule has 0 fully saturated rings. The van der Waals surface area contributed by atoms with Crippen LogP contribution in [0.2, 0.25) is 0 Å². The summed E-state index contributed by atoms with van der Waals surface area (Å²) in [4.78, 5) is 29.0. The molecule has 1 aliphatic rings. The van der Waals surface area contributed by atoms with Gasteiger partial charge in [-0.2, -0.15) is 0 Å². The lowest BCUT2D eigenvalue weighted by Crippen LogP contribution is -2.20. The number of pyridine rings is 1. The number of aromatic nitrogens is 2. The molecule has 0 spiro atoms. The summed E-state index contributed by atoms with van der Waals surface area (Å²) >= 11 is 0. The summed E-state index contributed by atoms with van der Waals surface area (Å²) in [6.45, 7) is 5.87. The standard InChI is InChI=1S/C23H27N3O4/c1-5-25(3)11-13-10-16-14-7-6-12(2)18-20(15(14)8-9-17(16)26(13)4)24-22(28)19(21(18)27)23(29)30/h8-10,12H,5-7,11H2,1-4H3,(H,29,30)(H2,24,27,28). The number of nitrogens with one attached hydrogen (secondary N) is 1. The van der Waals surface area contributed by atoms with Crippen LogP contribution in [0.3, 0.4) is 0 Å². The SMILES string of the molecule is CCN(C)Cc1cc2c3c(ccc2n1C)-c1[nH]c(=O)c(C(=O)O)c(O)c1C(C)CC3. The van der Waals surface area contributed by atoms with E-state index in [0.29, 0.717) is 11.3 Å². The number of hydrogen-bond acceptors (Lipinski definition) is 4. The number of aromatic amines is 1. The zero-order valence-corrected chi connectivity index (χ0v) is 17.7. The number of benzene rings is 1. The third kappa shape index (κ3) is 3.01. The smallest absolute Gasteiger partial charge is 0.345 e. The second-order valence-corrected chi connectivity index (χ2v) is 8.26. The van der Waals surface area contributed by atoms with Gasteiger partial charge in [0.2, 0.25) is 0 Å². The molecule has 1 unspecified atom stereocenters. The lowest BCUT2D eigenvalue weighted by molar-refractivity contribution is 0.0691. The number of carboxylic acid groups (broad SMARTS) is 1. The molecule has 1 aliphatic carbocycles. The first-order valence-electron chi connectivity index (χ1n) is 10.3. The third-order valence-electron chi connectivity index (χ3n) is 6.44. The average Bonchev–Trinajstić information content (AvgIpc) is 2.92. The molecule has 3 N–H and O–H groups in total. The van der Waals surface area contributed by atoms with Crippen molar-refractivity contribution in [3.8, 4) is 17.0 Å². The second kappa shape index (κ2) is 7.32. The molecule has 7 heteroatoms. The van der Waals surface area contributed by atoms with Crippen LogP contribution >= 0.6 is 0 Å². The molecular formula is C23H27N3O4. The van der Waals surface area contributed by atoms with E-state index >= 15 is 0 Å². The first-order valence-corrected chi connectivity index (χ1v) is 10.3. The normalized spacial score (nSPS) is 15.8. The molecule has 0 radical (unpaired) electrons. The van der Waals surface area contributed by atoms with E-state index in [1.54, 1.807) is 0 Å². The number of carbonyl (C=O) groups is 1. The molecule has 30 heavy (non-hydrogen) atoms. The first kappa shape index (κ1) is 20.2. The zero-order valence-electron chi connectivity index (χ0n) is 17.7. The number of hydrogen-bond donors (Lipinski definition) is 3. The van der Waals surface area contributed by atoms with E-state index in [2.05, 4.69) is 41.5 Å². The molecule has 3 aromatic rings. The van der Waals surface area contributed by atoms with Gasteiger partial charge in [0, 0.05) is 41.3 Å². The predicted molar refractivity (Wildman–Crippen MR) is 116 cm³/mol. The summed E-state index contributed by atoms with van der Waals surface area (Å²) < 4.78 is 2.20. The van der Waals surface area contributed by atoms with Crippen LogP contribution in [-0.4, -0.2) is 44.2 Å². The van der Waals surface area contributed by atoms with Gasteiger partial charge >= 0.3 is 5.97 Å². The maximum absolute atomic E-state index is 12.5. The number of carboxylic acids is 1. The Balaban J connectivity index is 1.99. The summed E-state index contributed by atoms with van der Waals surface area (Å²) in [5.41, 5.74) is 3.97. The summed E-state index contributed by atoms with van der Waals surface area (Å²) in [5, 5.41) is 21.2. The van der Waals surface area contributed by atoms with Gasteiger partial charge in [0.25, 0.3) is 5.56 Å². The average molecular weight is 409 g/mol. The van der Waals surface area contributed by atoms with Crippen molar-refractivity contribution in [1.82, 2.24) is 14.5 Å². The van der Waals surface area contributed by atoms with E-state index in [1.165, 1.54) is 5.69 Å². The van der Waals surface area contributed by atoms with Gasteiger partial charge < -0.3 is 24.7 Å². The van der Waals surface area contributed by atoms with Gasteiger partial charge in [-0.05, 0) is 50.0 Å². The first-order chi connectivity index (χ1) is 14.2. The van der Waals surface area contributed by atoms with Gasteiger partial charge in [0.1, 0.15) is 5.75 Å². The van der Waals surface area contributed by atoms with Gasteiger partial charge in [0.15, 0.2) is 5.56 Å². The van der Waals surface area contributed by atoms with E-state index in [1.807, 2.05) is 19.1 Å². The summed E-state index contributed by atoms with van der Waals surface area (Å²) in [7, 11) is 4.15. The zero-order chi connectivity index (χ0) is 21.7. The van der Waals surface area contributed by atoms with Crippen LogP contribution in [-0.2, 0) is 20.0 Å². The Hall–Kier alpha value is -3.06. The molecule has 1 aromatic carbocycles. The lowest BCUT2D eigenvalue weighted by atomic mass is 9.93. The van der Waals surface area contributed by atoms with Crippen molar-refractivity contribution in [3.05, 3.63) is 50.9 Å². The third-order valence-corrected chi connectivity index (χ3v) is 6.44. The molecule has 158 valence electrons. The fourth-order valence-electron chi connectivity index (χ4n) is 4.57. The van der Waals surface area contributed by atoms with Crippen LogP contribution in [0.25, 0.3) is 22.2 Å². The Morgan fingerprint density at radius 3 is 2.77 bits per heavy atom. The summed E-state index contributed by atoms with van der Waals surface area (Å²) in [6, 6.07) is 6.21. The van der Waals surface area contributed by atoms with Crippen LogP contribution < -0.4 is 5.56 Å². The number of aromatic carboxylic acids is 1. The molecule has 0 aliphatic heterocycles. The highest BCUT2D eigenvalue weighted by Gasteiger charge is 2.30. The van der Waals surface area contributed by atoms with Crippen molar-refractivity contribution in [2.24, 2.45) is 7.05 Å². The number of nitrogens with zero attached hydrogens (tertiary/aromatic N) is 2. The second-order valence-electron chi connectivity index (χ2n) is 8.26. The van der Waals surface area contributed by atoms with E-state index < -0.39 is 22.8 Å². The Morgan fingerprint density at radius 2 is 2.10 bits per heavy atom. The van der Waals surface area contributed by atoms with Crippen molar-refractivity contribution in [2.75, 3.05) is 13.6 Å². The molecule has 2 heterocycles. The van der Waals surface area contributed by atoms with Crippen LogP contribution in [0.5, 0.6) is 5.75 Å². The summed E-state index contributed by atoms with van der Waals surface area (Å²) in [6.07, 6.45) is 1.52. The van der Waals surface area contributed by atoms with Crippen LogP contribution in [0.1, 0.15) is 53.4 Å². The number of fused-ring (bicyclic) bond motifs is 5. The largest absolute Gasteiger partial charge is 0.506 e. The van der Waals surface area contributed by atoms with Gasteiger partial charge in [-0.25, -0.2) is 4.79 Å². The Labute approximate surface area is 174 Å². The van der Waals surface area contributed by atoms with Gasteiger partial charge in [-0.1, -0.05) is 19.9 Å². The van der Waals surface area contributed by atoms with Crippen molar-refractivity contribution in [3.63, 3.8) is 0 Å². The Bertz CT molecular complexity index is 1220. The fraction of sp³-hybridized carbons (Fsp3) is 0.391. The topological polar surface area (TPSA) is 98.6 Å². The number of H-pyrrole nitrogens is 1. The summed E-state index contributed by atoms with van der Waals surface area (Å²) in [5.74, 6) is -1.93. The quantitative estimate of drug-likeness (QED) is 0.613. The molecule has 0 saturated carbocycles. The van der Waals surface area contributed by atoms with Crippen molar-refractivity contribution in [1.29, 1.82) is 0 Å². The molecular weight excluding hydrogens is 382 g/mol. The van der Waals surface area contributed by atoms with Crippen molar-refractivity contribution in [2.45, 2.75) is 39.2 Å².